The molecule has 0 aliphatic carbocycles. The number of aryl methyl sites for hydroxylation is 1. The largest absolute Gasteiger partial charge is 0.493 e. The van der Waals surface area contributed by atoms with Crippen molar-refractivity contribution in [2.45, 2.75) is 63.5 Å². The number of H-pyrrole nitrogens is 1. The zero-order valence-electron chi connectivity index (χ0n) is 28.3. The van der Waals surface area contributed by atoms with Gasteiger partial charge in [-0.05, 0) is 42.3 Å². The minimum absolute atomic E-state index is 0.0400. The van der Waals surface area contributed by atoms with Crippen LogP contribution in [0.4, 0.5) is 0 Å². The molecule has 0 saturated carbocycles. The molecule has 2 bridgehead atoms. The summed E-state index contributed by atoms with van der Waals surface area (Å²) in [6, 6.07) is 17.5. The third kappa shape index (κ3) is 8.94. The summed E-state index contributed by atoms with van der Waals surface area (Å²) >= 11 is 6.28. The molecule has 4 atom stereocenters. The summed E-state index contributed by atoms with van der Waals surface area (Å²) in [6.45, 7) is 2.04. The Morgan fingerprint density at radius 3 is 2.50 bits per heavy atom. The van der Waals surface area contributed by atoms with E-state index in [-0.39, 0.29) is 37.3 Å². The SMILES string of the molecule is C[C@@H](O)[C@@H]1NC(=O)[C@@H](Cc2c[nH]c3ccccc23)NC(=O)c2ccc(Cl)cc2OCCCn2cc(nn2)CNC(=O)[C@@H](Cc2ccccc2)NC1=O. The summed E-state index contributed by atoms with van der Waals surface area (Å²) in [5, 5.41) is 31.2. The molecule has 3 heterocycles. The van der Waals surface area contributed by atoms with Crippen molar-refractivity contribution in [3.05, 3.63) is 113 Å². The molecule has 270 valence electrons. The van der Waals surface area contributed by atoms with Crippen LogP contribution in [0.5, 0.6) is 5.75 Å². The summed E-state index contributed by atoms with van der Waals surface area (Å²) in [5.41, 5.74) is 3.00. The number of para-hydroxylation sites is 1. The van der Waals surface area contributed by atoms with Crippen molar-refractivity contribution in [2.75, 3.05) is 6.61 Å². The molecule has 0 spiro atoms. The van der Waals surface area contributed by atoms with Crippen molar-refractivity contribution in [1.29, 1.82) is 0 Å². The van der Waals surface area contributed by atoms with Gasteiger partial charge in [-0.15, -0.1) is 5.10 Å². The molecule has 0 unspecified atom stereocenters. The van der Waals surface area contributed by atoms with Gasteiger partial charge in [0.2, 0.25) is 17.7 Å². The number of carbonyl (C=O) groups excluding carboxylic acids is 4. The Bertz CT molecular complexity index is 2050. The molecular formula is C37H39ClN8O6. The Hall–Kier alpha value is -5.73. The van der Waals surface area contributed by atoms with Gasteiger partial charge in [0.15, 0.2) is 0 Å². The Morgan fingerprint density at radius 2 is 1.69 bits per heavy atom. The number of fused-ring (bicyclic) bond motifs is 4. The molecule has 3 aromatic carbocycles. The number of nitrogens with zero attached hydrogens (tertiary/aromatic N) is 3. The first-order valence-corrected chi connectivity index (χ1v) is 17.3. The van der Waals surface area contributed by atoms with E-state index in [1.165, 1.54) is 19.1 Å². The maximum Gasteiger partial charge on any atom is 0.255 e. The van der Waals surface area contributed by atoms with E-state index in [0.29, 0.717) is 23.7 Å². The van der Waals surface area contributed by atoms with E-state index in [1.54, 1.807) is 23.1 Å². The number of aliphatic hydroxyl groups is 1. The molecule has 2 aromatic heterocycles. The van der Waals surface area contributed by atoms with Crippen molar-refractivity contribution in [1.82, 2.24) is 41.2 Å². The van der Waals surface area contributed by atoms with Crippen LogP contribution in [0, 0.1) is 0 Å². The number of carbonyl (C=O) groups is 4. The molecule has 15 heteroatoms. The van der Waals surface area contributed by atoms with E-state index in [9.17, 15) is 24.3 Å². The first kappa shape index (κ1) is 36.1. The van der Waals surface area contributed by atoms with E-state index in [1.807, 2.05) is 54.6 Å². The summed E-state index contributed by atoms with van der Waals surface area (Å²) in [7, 11) is 0. The molecule has 1 aliphatic heterocycles. The number of aliphatic hydroxyl groups excluding tert-OH is 1. The molecule has 1 aliphatic rings. The highest BCUT2D eigenvalue weighted by Gasteiger charge is 2.33. The summed E-state index contributed by atoms with van der Waals surface area (Å²) in [5.74, 6) is -2.41. The molecule has 14 nitrogen and oxygen atoms in total. The summed E-state index contributed by atoms with van der Waals surface area (Å²) < 4.78 is 7.61. The fourth-order valence-corrected chi connectivity index (χ4v) is 6.15. The number of hydrogen-bond donors (Lipinski definition) is 6. The minimum atomic E-state index is -1.48. The number of nitrogens with one attached hydrogen (secondary N) is 5. The number of halogens is 1. The number of aromatic nitrogens is 4. The average molecular weight is 727 g/mol. The number of rotatable bonds is 5. The van der Waals surface area contributed by atoms with Crippen LogP contribution in [0.3, 0.4) is 0 Å². The molecule has 4 amide bonds. The van der Waals surface area contributed by atoms with Crippen LogP contribution < -0.4 is 26.0 Å². The fraction of sp³-hybridized carbons (Fsp3) is 0.297. The normalized spacial score (nSPS) is 19.9. The number of ether oxygens (including phenoxy) is 1. The van der Waals surface area contributed by atoms with Gasteiger partial charge >= 0.3 is 0 Å². The maximum absolute atomic E-state index is 14.1. The van der Waals surface area contributed by atoms with Crippen molar-refractivity contribution in [3.8, 4) is 5.75 Å². The summed E-state index contributed by atoms with van der Waals surface area (Å²) in [4.78, 5) is 58.5. The lowest BCUT2D eigenvalue weighted by molar-refractivity contribution is -0.134. The number of aromatic amines is 1. The Morgan fingerprint density at radius 1 is 0.923 bits per heavy atom. The molecule has 6 rings (SSSR count). The van der Waals surface area contributed by atoms with Gasteiger partial charge in [0, 0.05) is 47.9 Å². The van der Waals surface area contributed by atoms with Crippen molar-refractivity contribution >= 4 is 46.1 Å². The first-order valence-electron chi connectivity index (χ1n) is 16.9. The van der Waals surface area contributed by atoms with E-state index in [0.717, 1.165) is 22.0 Å². The molecular weight excluding hydrogens is 688 g/mol. The van der Waals surface area contributed by atoms with E-state index >= 15 is 0 Å². The van der Waals surface area contributed by atoms with Gasteiger partial charge in [0.25, 0.3) is 5.91 Å². The maximum atomic E-state index is 14.1. The lowest BCUT2D eigenvalue weighted by Gasteiger charge is -2.27. The second-order valence-electron chi connectivity index (χ2n) is 12.6. The molecule has 6 N–H and O–H groups in total. The van der Waals surface area contributed by atoms with Crippen LogP contribution in [-0.2, 0) is 40.3 Å². The second kappa shape index (κ2) is 16.5. The monoisotopic (exact) mass is 726 g/mol. The highest BCUT2D eigenvalue weighted by atomic mass is 35.5. The zero-order valence-corrected chi connectivity index (χ0v) is 29.1. The van der Waals surface area contributed by atoms with Crippen LogP contribution in [0.25, 0.3) is 10.9 Å². The lowest BCUT2D eigenvalue weighted by atomic mass is 10.0. The highest BCUT2D eigenvalue weighted by Crippen LogP contribution is 2.25. The van der Waals surface area contributed by atoms with Gasteiger partial charge in [0.1, 0.15) is 29.6 Å². The van der Waals surface area contributed by atoms with Gasteiger partial charge in [-0.25, -0.2) is 0 Å². The van der Waals surface area contributed by atoms with Crippen LogP contribution in [0.15, 0.2) is 85.2 Å². The van der Waals surface area contributed by atoms with Crippen molar-refractivity contribution in [3.63, 3.8) is 0 Å². The van der Waals surface area contributed by atoms with Gasteiger partial charge < -0.3 is 36.1 Å². The molecule has 52 heavy (non-hydrogen) atoms. The minimum Gasteiger partial charge on any atom is -0.493 e. The predicted octanol–water partition coefficient (Wildman–Crippen LogP) is 2.45. The van der Waals surface area contributed by atoms with E-state index in [2.05, 4.69) is 36.6 Å². The van der Waals surface area contributed by atoms with Crippen LogP contribution in [0.1, 0.15) is 40.5 Å². The Balaban J connectivity index is 1.33. The second-order valence-corrected chi connectivity index (χ2v) is 13.0. The van der Waals surface area contributed by atoms with E-state index in [4.69, 9.17) is 16.3 Å². The number of amides is 4. The highest BCUT2D eigenvalue weighted by molar-refractivity contribution is 6.30. The Kier molecular flexibility index (Phi) is 11.5. The predicted molar refractivity (Wildman–Crippen MR) is 192 cm³/mol. The van der Waals surface area contributed by atoms with Crippen LogP contribution >= 0.6 is 11.6 Å². The molecule has 0 radical (unpaired) electrons. The third-order valence-corrected chi connectivity index (χ3v) is 8.94. The van der Waals surface area contributed by atoms with Crippen LogP contribution in [0.2, 0.25) is 5.02 Å². The lowest BCUT2D eigenvalue weighted by Crippen LogP contribution is -2.60. The van der Waals surface area contributed by atoms with Gasteiger partial charge in [-0.2, -0.15) is 0 Å². The molecule has 0 fully saturated rings. The smallest absolute Gasteiger partial charge is 0.255 e. The summed E-state index contributed by atoms with van der Waals surface area (Å²) in [6.07, 6.45) is 2.75. The van der Waals surface area contributed by atoms with Gasteiger partial charge in [-0.3, -0.25) is 23.9 Å². The standard InChI is InChI=1S/C37H39ClN8O6/c1-22(47)33-37(51)42-30(16-23-8-3-2-4-9-23)35(49)40-20-26-21-46(45-44-26)14-7-15-52-32-18-25(38)12-13-28(32)34(48)41-31(36(50)43-33)17-24-19-39-29-11-6-5-10-27(24)29/h2-6,8-13,18-19,21-22,30-31,33,39,47H,7,14-17,20H2,1H3,(H,40,49)(H,41,48)(H,42,51)(H,43,50)/t22-,30-,31-,33+/m1/s1. The first-order chi connectivity index (χ1) is 25.1. The number of hydrogen-bond acceptors (Lipinski definition) is 8. The van der Waals surface area contributed by atoms with Gasteiger partial charge in [-0.1, -0.05) is 65.3 Å². The molecule has 0 saturated heterocycles. The number of benzene rings is 3. The van der Waals surface area contributed by atoms with E-state index < -0.39 is 47.9 Å². The molecule has 5 aromatic rings. The van der Waals surface area contributed by atoms with Crippen LogP contribution in [-0.4, -0.2) is 79.5 Å². The third-order valence-electron chi connectivity index (χ3n) is 8.71. The Labute approximate surface area is 304 Å². The van der Waals surface area contributed by atoms with Crippen molar-refractivity contribution in [2.24, 2.45) is 0 Å². The topological polar surface area (TPSA) is 192 Å². The van der Waals surface area contributed by atoms with Gasteiger partial charge in [0.05, 0.1) is 31.0 Å². The fourth-order valence-electron chi connectivity index (χ4n) is 5.99. The van der Waals surface area contributed by atoms with Crippen molar-refractivity contribution < 1.29 is 29.0 Å². The quantitative estimate of drug-likeness (QED) is 0.159. The average Bonchev–Trinajstić information content (AvgIpc) is 3.77. The zero-order chi connectivity index (χ0) is 36.6.